The maximum atomic E-state index is 12.8. The molecule has 0 aromatic heterocycles. The molecule has 1 unspecified atom stereocenters. The van der Waals surface area contributed by atoms with Crippen LogP contribution in [0.3, 0.4) is 0 Å². The number of aryl methyl sites for hydroxylation is 1. The van der Waals surface area contributed by atoms with E-state index in [1.807, 2.05) is 4.90 Å². The van der Waals surface area contributed by atoms with Gasteiger partial charge in [-0.2, -0.15) is 0 Å². The summed E-state index contributed by atoms with van der Waals surface area (Å²) in [5.41, 5.74) is 1.06. The minimum Gasteiger partial charge on any atom is -0.396 e. The van der Waals surface area contributed by atoms with Gasteiger partial charge < -0.3 is 10.0 Å². The highest BCUT2D eigenvalue weighted by molar-refractivity contribution is 5.76. The topological polar surface area (TPSA) is 40.5 Å². The first-order valence-corrected chi connectivity index (χ1v) is 7.32. The maximum absolute atomic E-state index is 12.8. The first-order valence-electron chi connectivity index (χ1n) is 7.32. The van der Waals surface area contributed by atoms with Gasteiger partial charge in [-0.05, 0) is 49.3 Å². The lowest BCUT2D eigenvalue weighted by molar-refractivity contribution is -0.133. The van der Waals surface area contributed by atoms with Crippen LogP contribution in [0.15, 0.2) is 24.3 Å². The quantitative estimate of drug-likeness (QED) is 0.899. The molecule has 1 amide bonds. The minimum absolute atomic E-state index is 0.166. The molecule has 1 fully saturated rings. The van der Waals surface area contributed by atoms with E-state index >= 15 is 0 Å². The zero-order valence-corrected chi connectivity index (χ0v) is 11.7. The molecule has 4 heteroatoms. The number of likely N-dealkylation sites (tertiary alicyclic amines) is 1. The van der Waals surface area contributed by atoms with Crippen molar-refractivity contribution in [2.75, 3.05) is 19.7 Å². The van der Waals surface area contributed by atoms with Crippen LogP contribution in [0.2, 0.25) is 0 Å². The zero-order valence-electron chi connectivity index (χ0n) is 11.7. The molecule has 1 aliphatic heterocycles. The van der Waals surface area contributed by atoms with Crippen LogP contribution < -0.4 is 0 Å². The lowest BCUT2D eigenvalue weighted by Gasteiger charge is -2.32. The van der Waals surface area contributed by atoms with Crippen LogP contribution in [-0.2, 0) is 11.2 Å². The average Bonchev–Trinajstić information content (AvgIpc) is 2.49. The van der Waals surface area contributed by atoms with E-state index < -0.39 is 0 Å². The number of rotatable bonds is 5. The molecular formula is C16H22FNO2. The zero-order chi connectivity index (χ0) is 14.4. The van der Waals surface area contributed by atoms with Crippen molar-refractivity contribution in [3.05, 3.63) is 35.6 Å². The van der Waals surface area contributed by atoms with Crippen molar-refractivity contribution in [3.8, 4) is 0 Å². The number of amides is 1. The number of piperidine rings is 1. The summed E-state index contributed by atoms with van der Waals surface area (Å²) in [5, 5.41) is 9.17. The Labute approximate surface area is 119 Å². The van der Waals surface area contributed by atoms with Crippen LogP contribution >= 0.6 is 0 Å². The fourth-order valence-corrected chi connectivity index (χ4v) is 2.69. The van der Waals surface area contributed by atoms with Crippen molar-refractivity contribution in [2.45, 2.75) is 32.1 Å². The normalized spacial score (nSPS) is 19.1. The third-order valence-corrected chi connectivity index (χ3v) is 3.90. The Morgan fingerprint density at radius 2 is 2.10 bits per heavy atom. The molecule has 2 rings (SSSR count). The summed E-state index contributed by atoms with van der Waals surface area (Å²) in [4.78, 5) is 14.0. The second-order valence-electron chi connectivity index (χ2n) is 5.51. The molecule has 1 aliphatic rings. The van der Waals surface area contributed by atoms with Gasteiger partial charge in [-0.1, -0.05) is 12.1 Å². The highest BCUT2D eigenvalue weighted by atomic mass is 19.1. The smallest absolute Gasteiger partial charge is 0.222 e. The van der Waals surface area contributed by atoms with Crippen molar-refractivity contribution in [1.82, 2.24) is 4.90 Å². The number of hydrogen-bond donors (Lipinski definition) is 1. The first-order chi connectivity index (χ1) is 9.69. The Bertz CT molecular complexity index is 433. The molecule has 20 heavy (non-hydrogen) atoms. The fourth-order valence-electron chi connectivity index (χ4n) is 2.69. The summed E-state index contributed by atoms with van der Waals surface area (Å²) in [5.74, 6) is 0.184. The van der Waals surface area contributed by atoms with Crippen LogP contribution in [0.1, 0.15) is 31.2 Å². The third-order valence-electron chi connectivity index (χ3n) is 3.90. The van der Waals surface area contributed by atoms with Gasteiger partial charge in [0.2, 0.25) is 5.91 Å². The van der Waals surface area contributed by atoms with Gasteiger partial charge in [0.05, 0.1) is 0 Å². The van der Waals surface area contributed by atoms with Crippen LogP contribution in [0.25, 0.3) is 0 Å². The van der Waals surface area contributed by atoms with E-state index in [0.717, 1.165) is 37.8 Å². The van der Waals surface area contributed by atoms with E-state index in [1.54, 1.807) is 12.1 Å². The summed E-state index contributed by atoms with van der Waals surface area (Å²) in [6.45, 7) is 1.66. The monoisotopic (exact) mass is 279 g/mol. The van der Waals surface area contributed by atoms with Gasteiger partial charge >= 0.3 is 0 Å². The standard InChI is InChI=1S/C16H22FNO2/c17-15-8-6-13(7-9-15)3-1-5-16(20)18-10-2-4-14(11-18)12-19/h6-9,14,19H,1-5,10-12H2. The Morgan fingerprint density at radius 1 is 1.35 bits per heavy atom. The van der Waals surface area contributed by atoms with Crippen molar-refractivity contribution >= 4 is 5.91 Å². The molecule has 1 aromatic carbocycles. The van der Waals surface area contributed by atoms with Crippen molar-refractivity contribution in [1.29, 1.82) is 0 Å². The Kier molecular flexibility index (Phi) is 5.53. The van der Waals surface area contributed by atoms with E-state index in [0.29, 0.717) is 13.0 Å². The van der Waals surface area contributed by atoms with Gasteiger partial charge in [-0.25, -0.2) is 4.39 Å². The number of nitrogens with zero attached hydrogens (tertiary/aromatic N) is 1. The summed E-state index contributed by atoms with van der Waals surface area (Å²) >= 11 is 0. The second-order valence-corrected chi connectivity index (χ2v) is 5.51. The average molecular weight is 279 g/mol. The number of halogens is 1. The van der Waals surface area contributed by atoms with Crippen LogP contribution in [-0.4, -0.2) is 35.6 Å². The van der Waals surface area contributed by atoms with Gasteiger partial charge in [0, 0.05) is 26.1 Å². The van der Waals surface area contributed by atoms with Gasteiger partial charge in [-0.15, -0.1) is 0 Å². The predicted molar refractivity (Wildman–Crippen MR) is 75.7 cm³/mol. The highest BCUT2D eigenvalue weighted by Crippen LogP contribution is 2.17. The number of hydrogen-bond acceptors (Lipinski definition) is 2. The summed E-state index contributed by atoms with van der Waals surface area (Å²) < 4.78 is 12.8. The number of benzene rings is 1. The summed E-state index contributed by atoms with van der Waals surface area (Å²) in [6, 6.07) is 6.44. The van der Waals surface area contributed by atoms with Crippen LogP contribution in [0.4, 0.5) is 4.39 Å². The fraction of sp³-hybridized carbons (Fsp3) is 0.562. The molecule has 0 radical (unpaired) electrons. The van der Waals surface area contributed by atoms with Crippen molar-refractivity contribution < 1.29 is 14.3 Å². The largest absolute Gasteiger partial charge is 0.396 e. The Balaban J connectivity index is 1.73. The van der Waals surface area contributed by atoms with Gasteiger partial charge in [-0.3, -0.25) is 4.79 Å². The molecule has 1 aromatic rings. The molecule has 1 saturated heterocycles. The highest BCUT2D eigenvalue weighted by Gasteiger charge is 2.22. The Hall–Kier alpha value is -1.42. The van der Waals surface area contributed by atoms with Crippen molar-refractivity contribution in [2.24, 2.45) is 5.92 Å². The SMILES string of the molecule is O=C(CCCc1ccc(F)cc1)N1CCCC(CO)C1. The number of carbonyl (C=O) groups excluding carboxylic acids is 1. The predicted octanol–water partition coefficient (Wildman–Crippen LogP) is 2.38. The van der Waals surface area contributed by atoms with Crippen molar-refractivity contribution in [3.63, 3.8) is 0 Å². The first kappa shape index (κ1) is 15.0. The molecule has 1 N–H and O–H groups in total. The molecule has 110 valence electrons. The number of carbonyl (C=O) groups is 1. The van der Waals surface area contributed by atoms with E-state index in [4.69, 9.17) is 5.11 Å². The van der Waals surface area contributed by atoms with E-state index in [-0.39, 0.29) is 24.2 Å². The third kappa shape index (κ3) is 4.30. The maximum Gasteiger partial charge on any atom is 0.222 e. The molecule has 0 spiro atoms. The molecule has 3 nitrogen and oxygen atoms in total. The van der Waals surface area contributed by atoms with Crippen LogP contribution in [0, 0.1) is 11.7 Å². The molecule has 0 aliphatic carbocycles. The summed E-state index contributed by atoms with van der Waals surface area (Å²) in [7, 11) is 0. The molecule has 1 atom stereocenters. The van der Waals surface area contributed by atoms with E-state index in [9.17, 15) is 9.18 Å². The molecule has 0 bridgehead atoms. The van der Waals surface area contributed by atoms with E-state index in [2.05, 4.69) is 0 Å². The lowest BCUT2D eigenvalue weighted by atomic mass is 9.98. The molecule has 1 heterocycles. The van der Waals surface area contributed by atoms with Crippen LogP contribution in [0.5, 0.6) is 0 Å². The number of aliphatic hydroxyl groups is 1. The molecular weight excluding hydrogens is 257 g/mol. The second kappa shape index (κ2) is 7.39. The number of aliphatic hydroxyl groups excluding tert-OH is 1. The van der Waals surface area contributed by atoms with E-state index in [1.165, 1.54) is 12.1 Å². The molecule has 0 saturated carbocycles. The Morgan fingerprint density at radius 3 is 2.80 bits per heavy atom. The van der Waals surface area contributed by atoms with Gasteiger partial charge in [0.25, 0.3) is 0 Å². The summed E-state index contributed by atoms with van der Waals surface area (Å²) in [6.07, 6.45) is 4.09. The van der Waals surface area contributed by atoms with Gasteiger partial charge in [0.1, 0.15) is 5.82 Å². The van der Waals surface area contributed by atoms with Gasteiger partial charge in [0.15, 0.2) is 0 Å². The minimum atomic E-state index is -0.229. The lowest BCUT2D eigenvalue weighted by Crippen LogP contribution is -2.40.